The highest BCUT2D eigenvalue weighted by atomic mass is 32.1. The Balaban J connectivity index is 1.63. The quantitative estimate of drug-likeness (QED) is 0.236. The number of halogens is 1. The van der Waals surface area contributed by atoms with Gasteiger partial charge < -0.3 is 4.90 Å². The number of hydrogen-bond donors (Lipinski definition) is 0. The van der Waals surface area contributed by atoms with Gasteiger partial charge in [-0.05, 0) is 48.8 Å². The standard InChI is InChI=1S/C27H25FN4OS2/c1-3-31(4-2)14-15-32(27-30-25-20(28)10-7-12-24(25)35-27)26(33)19-17-22(23-13-8-16-34-23)29-21-11-6-5-9-18(19)21/h5-13,16-17H,3-4,14-15H2,1-2H3. The van der Waals surface area contributed by atoms with Crippen LogP contribution < -0.4 is 4.90 Å². The van der Waals surface area contributed by atoms with Crippen LogP contribution in [0.3, 0.4) is 0 Å². The molecule has 0 atom stereocenters. The van der Waals surface area contributed by atoms with Crippen LogP contribution in [0.1, 0.15) is 24.2 Å². The molecule has 0 saturated carbocycles. The van der Waals surface area contributed by atoms with E-state index in [1.807, 2.05) is 53.9 Å². The number of carbonyl (C=O) groups excluding carboxylic acids is 1. The number of para-hydroxylation sites is 2. The molecule has 8 heteroatoms. The number of aromatic nitrogens is 2. The molecule has 0 spiro atoms. The van der Waals surface area contributed by atoms with Crippen LogP contribution in [0.25, 0.3) is 31.7 Å². The SMILES string of the molecule is CCN(CC)CCN(C(=O)c1cc(-c2cccs2)nc2ccccc12)c1nc2c(F)cccc2s1. The van der Waals surface area contributed by atoms with E-state index < -0.39 is 0 Å². The van der Waals surface area contributed by atoms with Gasteiger partial charge in [0, 0.05) is 18.5 Å². The Bertz CT molecular complexity index is 1480. The lowest BCUT2D eigenvalue weighted by molar-refractivity contribution is 0.0985. The van der Waals surface area contributed by atoms with Crippen molar-refractivity contribution in [1.82, 2.24) is 14.9 Å². The van der Waals surface area contributed by atoms with Crippen molar-refractivity contribution in [3.05, 3.63) is 77.4 Å². The first kappa shape index (κ1) is 23.5. The number of benzene rings is 2. The summed E-state index contributed by atoms with van der Waals surface area (Å²) >= 11 is 2.93. The van der Waals surface area contributed by atoms with E-state index in [0.29, 0.717) is 29.3 Å². The Labute approximate surface area is 211 Å². The molecule has 2 aromatic carbocycles. The molecule has 0 aliphatic rings. The van der Waals surface area contributed by atoms with Crippen LogP contribution in [0.4, 0.5) is 9.52 Å². The summed E-state index contributed by atoms with van der Waals surface area (Å²) in [7, 11) is 0. The van der Waals surface area contributed by atoms with Crippen molar-refractivity contribution < 1.29 is 9.18 Å². The topological polar surface area (TPSA) is 49.3 Å². The number of thiazole rings is 1. The minimum atomic E-state index is -0.379. The molecule has 1 amide bonds. The summed E-state index contributed by atoms with van der Waals surface area (Å²) in [5, 5.41) is 3.29. The summed E-state index contributed by atoms with van der Waals surface area (Å²) in [6, 6.07) is 18.5. The van der Waals surface area contributed by atoms with Gasteiger partial charge in [-0.15, -0.1) is 11.3 Å². The number of fused-ring (bicyclic) bond motifs is 2. The third kappa shape index (κ3) is 4.69. The Morgan fingerprint density at radius 3 is 2.54 bits per heavy atom. The van der Waals surface area contributed by atoms with Gasteiger partial charge in [0.15, 0.2) is 5.13 Å². The Kier molecular flexibility index (Phi) is 6.86. The van der Waals surface area contributed by atoms with Crippen LogP contribution in [0.15, 0.2) is 66.0 Å². The normalized spacial score (nSPS) is 11.5. The van der Waals surface area contributed by atoms with E-state index in [9.17, 15) is 9.18 Å². The maximum Gasteiger partial charge on any atom is 0.260 e. The van der Waals surface area contributed by atoms with Gasteiger partial charge in [-0.25, -0.2) is 14.4 Å². The Morgan fingerprint density at radius 2 is 1.80 bits per heavy atom. The maximum atomic E-state index is 14.5. The average molecular weight is 505 g/mol. The number of anilines is 1. The van der Waals surface area contributed by atoms with Crippen LogP contribution in [0.5, 0.6) is 0 Å². The molecule has 3 aromatic heterocycles. The second kappa shape index (κ2) is 10.2. The molecule has 0 bridgehead atoms. The van der Waals surface area contributed by atoms with Gasteiger partial charge >= 0.3 is 0 Å². The minimum absolute atomic E-state index is 0.159. The molecular weight excluding hydrogens is 479 g/mol. The molecule has 0 N–H and O–H groups in total. The number of amides is 1. The fraction of sp³-hybridized carbons (Fsp3) is 0.222. The average Bonchev–Trinajstić information content (AvgIpc) is 3.57. The van der Waals surface area contributed by atoms with E-state index >= 15 is 0 Å². The molecule has 178 valence electrons. The first-order valence-electron chi connectivity index (χ1n) is 11.6. The molecule has 0 aliphatic heterocycles. The fourth-order valence-corrected chi connectivity index (χ4v) is 5.82. The third-order valence-electron chi connectivity index (χ3n) is 6.09. The molecule has 0 aliphatic carbocycles. The van der Waals surface area contributed by atoms with Gasteiger partial charge in [0.25, 0.3) is 5.91 Å². The molecule has 0 unspecified atom stereocenters. The van der Waals surface area contributed by atoms with Crippen LogP contribution >= 0.6 is 22.7 Å². The molecule has 5 nitrogen and oxygen atoms in total. The molecule has 0 saturated heterocycles. The second-order valence-electron chi connectivity index (χ2n) is 8.12. The van der Waals surface area contributed by atoms with E-state index in [0.717, 1.165) is 39.3 Å². The van der Waals surface area contributed by atoms with Crippen molar-refractivity contribution in [1.29, 1.82) is 0 Å². The van der Waals surface area contributed by atoms with E-state index in [1.54, 1.807) is 22.3 Å². The lowest BCUT2D eigenvalue weighted by Crippen LogP contribution is -2.39. The molecule has 0 radical (unpaired) electrons. The third-order valence-corrected chi connectivity index (χ3v) is 8.02. The van der Waals surface area contributed by atoms with Crippen LogP contribution in [0, 0.1) is 5.82 Å². The van der Waals surface area contributed by atoms with Gasteiger partial charge in [-0.2, -0.15) is 0 Å². The summed E-state index contributed by atoms with van der Waals surface area (Å²) in [5.41, 5.74) is 2.40. The smallest absolute Gasteiger partial charge is 0.260 e. The van der Waals surface area contributed by atoms with Crippen LogP contribution in [-0.4, -0.2) is 47.0 Å². The zero-order valence-corrected chi connectivity index (χ0v) is 21.2. The van der Waals surface area contributed by atoms with Gasteiger partial charge in [-0.1, -0.05) is 55.5 Å². The second-order valence-corrected chi connectivity index (χ2v) is 10.1. The highest BCUT2D eigenvalue weighted by Gasteiger charge is 2.25. The monoisotopic (exact) mass is 504 g/mol. The number of likely N-dealkylation sites (N-methyl/N-ethyl adjacent to an activating group) is 1. The molecule has 35 heavy (non-hydrogen) atoms. The number of carbonyl (C=O) groups is 1. The van der Waals surface area contributed by atoms with E-state index in [4.69, 9.17) is 4.98 Å². The number of nitrogens with zero attached hydrogens (tertiary/aromatic N) is 4. The zero-order chi connectivity index (χ0) is 24.4. The highest BCUT2D eigenvalue weighted by Crippen LogP contribution is 2.33. The van der Waals surface area contributed by atoms with Crippen molar-refractivity contribution >= 4 is 54.8 Å². The van der Waals surface area contributed by atoms with Gasteiger partial charge in [0.2, 0.25) is 0 Å². The predicted octanol–water partition coefficient (Wildman–Crippen LogP) is 6.70. The van der Waals surface area contributed by atoms with E-state index in [-0.39, 0.29) is 11.7 Å². The predicted molar refractivity (Wildman–Crippen MR) is 144 cm³/mol. The molecule has 3 heterocycles. The summed E-state index contributed by atoms with van der Waals surface area (Å²) < 4.78 is 15.2. The molecule has 5 aromatic rings. The van der Waals surface area contributed by atoms with Crippen LogP contribution in [-0.2, 0) is 0 Å². The van der Waals surface area contributed by atoms with E-state index in [1.165, 1.54) is 17.4 Å². The summed E-state index contributed by atoms with van der Waals surface area (Å²) in [6.45, 7) is 7.12. The Morgan fingerprint density at radius 1 is 0.971 bits per heavy atom. The number of pyridine rings is 1. The largest absolute Gasteiger partial charge is 0.302 e. The summed E-state index contributed by atoms with van der Waals surface area (Å²) in [6.07, 6.45) is 0. The number of hydrogen-bond acceptors (Lipinski definition) is 6. The summed E-state index contributed by atoms with van der Waals surface area (Å²) in [5.74, 6) is -0.538. The lowest BCUT2D eigenvalue weighted by Gasteiger charge is -2.25. The lowest BCUT2D eigenvalue weighted by atomic mass is 10.1. The molecular formula is C27H25FN4OS2. The first-order valence-corrected chi connectivity index (χ1v) is 13.3. The number of rotatable bonds is 8. The number of thiophene rings is 1. The van der Waals surface area contributed by atoms with Crippen LogP contribution in [0.2, 0.25) is 0 Å². The van der Waals surface area contributed by atoms with Crippen molar-refractivity contribution in [2.45, 2.75) is 13.8 Å². The summed E-state index contributed by atoms with van der Waals surface area (Å²) in [4.78, 5) is 28.5. The Hall–Kier alpha value is -3.20. The van der Waals surface area contributed by atoms with Gasteiger partial charge in [0.05, 0.1) is 26.4 Å². The van der Waals surface area contributed by atoms with Crippen molar-refractivity contribution in [3.63, 3.8) is 0 Å². The molecule has 0 fully saturated rings. The highest BCUT2D eigenvalue weighted by molar-refractivity contribution is 7.22. The first-order chi connectivity index (χ1) is 17.1. The van der Waals surface area contributed by atoms with Crippen molar-refractivity contribution in [3.8, 4) is 10.6 Å². The maximum absolute atomic E-state index is 14.5. The van der Waals surface area contributed by atoms with Crippen molar-refractivity contribution in [2.75, 3.05) is 31.1 Å². The minimum Gasteiger partial charge on any atom is -0.302 e. The molecule has 5 rings (SSSR count). The fourth-order valence-electron chi connectivity index (χ4n) is 4.13. The van der Waals surface area contributed by atoms with E-state index in [2.05, 4.69) is 23.7 Å². The van der Waals surface area contributed by atoms with Gasteiger partial charge in [0.1, 0.15) is 11.3 Å². The zero-order valence-electron chi connectivity index (χ0n) is 19.6. The van der Waals surface area contributed by atoms with Gasteiger partial charge in [-0.3, -0.25) is 9.69 Å². The van der Waals surface area contributed by atoms with Crippen molar-refractivity contribution in [2.24, 2.45) is 0 Å².